The van der Waals surface area contributed by atoms with Gasteiger partial charge < -0.3 is 9.64 Å². The number of carbonyl (C=O) groups is 1. The largest absolute Gasteiger partial charge is 0.480 e. The Morgan fingerprint density at radius 2 is 1.83 bits per heavy atom. The summed E-state index contributed by atoms with van der Waals surface area (Å²) >= 11 is 0. The van der Waals surface area contributed by atoms with Crippen LogP contribution in [0.3, 0.4) is 0 Å². The number of benzene rings is 1. The molecule has 1 aromatic heterocycles. The van der Waals surface area contributed by atoms with Crippen LogP contribution in [0.4, 0.5) is 0 Å². The summed E-state index contributed by atoms with van der Waals surface area (Å²) in [4.78, 5) is 21.1. The van der Waals surface area contributed by atoms with Crippen LogP contribution in [0.1, 0.15) is 11.1 Å². The first kappa shape index (κ1) is 15.1. The molecular weight excluding hydrogens is 302 g/mol. The number of carbonyl (C=O) groups excluding carboxylic acids is 1. The van der Waals surface area contributed by atoms with Gasteiger partial charge in [-0.2, -0.15) is 0 Å². The standard InChI is InChI=1S/C19H21N3O2/c23-19(18-13-16-3-1-2-4-17(16)24-18)22-11-9-21(10-12-22)14-15-5-7-20-8-6-15/h1-8,18H,9-14H2. The molecule has 5 heteroatoms. The van der Waals surface area contributed by atoms with Crippen molar-refractivity contribution in [3.05, 3.63) is 59.9 Å². The molecule has 1 saturated heterocycles. The molecule has 2 aliphatic rings. The van der Waals surface area contributed by atoms with Crippen LogP contribution in [0.2, 0.25) is 0 Å². The number of rotatable bonds is 3. The summed E-state index contributed by atoms with van der Waals surface area (Å²) in [6.07, 6.45) is 3.98. The van der Waals surface area contributed by atoms with Gasteiger partial charge in [0.25, 0.3) is 5.91 Å². The number of fused-ring (bicyclic) bond motifs is 1. The molecule has 2 aromatic rings. The molecule has 1 atom stereocenters. The summed E-state index contributed by atoms with van der Waals surface area (Å²) in [6.45, 7) is 4.23. The molecule has 5 nitrogen and oxygen atoms in total. The minimum atomic E-state index is -0.353. The molecule has 1 aromatic carbocycles. The van der Waals surface area contributed by atoms with Crippen molar-refractivity contribution in [2.24, 2.45) is 0 Å². The number of ether oxygens (including phenoxy) is 1. The van der Waals surface area contributed by atoms with Crippen LogP contribution in [0.25, 0.3) is 0 Å². The van der Waals surface area contributed by atoms with Gasteiger partial charge >= 0.3 is 0 Å². The minimum Gasteiger partial charge on any atom is -0.480 e. The van der Waals surface area contributed by atoms with E-state index < -0.39 is 0 Å². The molecule has 0 aliphatic carbocycles. The number of nitrogens with zero attached hydrogens (tertiary/aromatic N) is 3. The highest BCUT2D eigenvalue weighted by atomic mass is 16.5. The summed E-state index contributed by atoms with van der Waals surface area (Å²) in [7, 11) is 0. The van der Waals surface area contributed by atoms with Crippen molar-refractivity contribution < 1.29 is 9.53 Å². The predicted molar refractivity (Wildman–Crippen MR) is 90.7 cm³/mol. The van der Waals surface area contributed by atoms with Crippen molar-refractivity contribution in [3.63, 3.8) is 0 Å². The van der Waals surface area contributed by atoms with Crippen molar-refractivity contribution in [1.29, 1.82) is 0 Å². The van der Waals surface area contributed by atoms with Crippen LogP contribution in [-0.4, -0.2) is 53.0 Å². The zero-order valence-electron chi connectivity index (χ0n) is 13.6. The Morgan fingerprint density at radius 1 is 1.08 bits per heavy atom. The molecule has 124 valence electrons. The number of amides is 1. The van der Waals surface area contributed by atoms with Crippen molar-refractivity contribution in [1.82, 2.24) is 14.8 Å². The Bertz CT molecular complexity index is 687. The molecule has 0 radical (unpaired) electrons. The number of para-hydroxylation sites is 1. The number of hydrogen-bond acceptors (Lipinski definition) is 4. The highest BCUT2D eigenvalue weighted by molar-refractivity contribution is 5.82. The van der Waals surface area contributed by atoms with E-state index in [9.17, 15) is 4.79 Å². The van der Waals surface area contributed by atoms with Gasteiger partial charge in [-0.05, 0) is 29.3 Å². The van der Waals surface area contributed by atoms with Crippen LogP contribution >= 0.6 is 0 Å². The summed E-state index contributed by atoms with van der Waals surface area (Å²) in [6, 6.07) is 12.0. The molecule has 2 aliphatic heterocycles. The summed E-state index contributed by atoms with van der Waals surface area (Å²) in [5.41, 5.74) is 2.39. The Balaban J connectivity index is 1.31. The van der Waals surface area contributed by atoms with E-state index in [1.807, 2.05) is 53.7 Å². The first-order valence-corrected chi connectivity index (χ1v) is 8.44. The molecule has 4 rings (SSSR count). The fourth-order valence-corrected chi connectivity index (χ4v) is 3.40. The van der Waals surface area contributed by atoms with Gasteiger partial charge in [-0.1, -0.05) is 18.2 Å². The molecule has 0 spiro atoms. The van der Waals surface area contributed by atoms with Crippen molar-refractivity contribution in [3.8, 4) is 5.75 Å². The third-order valence-electron chi connectivity index (χ3n) is 4.76. The lowest BCUT2D eigenvalue weighted by Gasteiger charge is -2.35. The van der Waals surface area contributed by atoms with Crippen LogP contribution in [0, 0.1) is 0 Å². The molecule has 1 unspecified atom stereocenters. The lowest BCUT2D eigenvalue weighted by molar-refractivity contribution is -0.139. The van der Waals surface area contributed by atoms with Gasteiger partial charge in [0.05, 0.1) is 0 Å². The topological polar surface area (TPSA) is 45.7 Å². The lowest BCUT2D eigenvalue weighted by atomic mass is 10.1. The smallest absolute Gasteiger partial charge is 0.264 e. The SMILES string of the molecule is O=C(C1Cc2ccccc2O1)N1CCN(Cc2ccncc2)CC1. The van der Waals surface area contributed by atoms with Crippen LogP contribution < -0.4 is 4.74 Å². The molecule has 1 fully saturated rings. The second-order valence-electron chi connectivity index (χ2n) is 6.38. The normalized spacial score (nSPS) is 20.5. The second kappa shape index (κ2) is 6.61. The van der Waals surface area contributed by atoms with Gasteiger partial charge in [-0.15, -0.1) is 0 Å². The number of piperazine rings is 1. The van der Waals surface area contributed by atoms with Crippen molar-refractivity contribution in [2.45, 2.75) is 19.1 Å². The predicted octanol–water partition coefficient (Wildman–Crippen LogP) is 1.73. The van der Waals surface area contributed by atoms with E-state index in [-0.39, 0.29) is 12.0 Å². The summed E-state index contributed by atoms with van der Waals surface area (Å²) < 4.78 is 5.83. The highest BCUT2D eigenvalue weighted by Gasteiger charge is 2.33. The number of aromatic nitrogens is 1. The number of pyridine rings is 1. The highest BCUT2D eigenvalue weighted by Crippen LogP contribution is 2.29. The third kappa shape index (κ3) is 3.12. The van der Waals surface area contributed by atoms with E-state index in [2.05, 4.69) is 9.88 Å². The van der Waals surface area contributed by atoms with Gasteiger partial charge in [0.2, 0.25) is 0 Å². The zero-order valence-corrected chi connectivity index (χ0v) is 13.6. The minimum absolute atomic E-state index is 0.120. The second-order valence-corrected chi connectivity index (χ2v) is 6.38. The van der Waals surface area contributed by atoms with E-state index in [0.29, 0.717) is 6.42 Å². The maximum atomic E-state index is 12.7. The van der Waals surface area contributed by atoms with E-state index in [1.54, 1.807) is 0 Å². The van der Waals surface area contributed by atoms with E-state index in [0.717, 1.165) is 44.0 Å². The monoisotopic (exact) mass is 323 g/mol. The fourth-order valence-electron chi connectivity index (χ4n) is 3.40. The van der Waals surface area contributed by atoms with Crippen LogP contribution in [-0.2, 0) is 17.8 Å². The number of hydrogen-bond donors (Lipinski definition) is 0. The van der Waals surface area contributed by atoms with Gasteiger partial charge in [0.1, 0.15) is 5.75 Å². The lowest BCUT2D eigenvalue weighted by Crippen LogP contribution is -2.51. The van der Waals surface area contributed by atoms with E-state index in [4.69, 9.17) is 4.74 Å². The first-order valence-electron chi connectivity index (χ1n) is 8.44. The maximum Gasteiger partial charge on any atom is 0.264 e. The Hall–Kier alpha value is -2.40. The van der Waals surface area contributed by atoms with Gasteiger partial charge in [-0.3, -0.25) is 14.7 Å². The summed E-state index contributed by atoms with van der Waals surface area (Å²) in [5, 5.41) is 0. The van der Waals surface area contributed by atoms with Crippen LogP contribution in [0.15, 0.2) is 48.8 Å². The van der Waals surface area contributed by atoms with Gasteiger partial charge in [-0.25, -0.2) is 0 Å². The molecule has 1 amide bonds. The average Bonchev–Trinajstić information content (AvgIpc) is 3.07. The summed E-state index contributed by atoms with van der Waals surface area (Å²) in [5.74, 6) is 0.974. The van der Waals surface area contributed by atoms with Gasteiger partial charge in [0.15, 0.2) is 6.10 Å². The Kier molecular flexibility index (Phi) is 4.17. The van der Waals surface area contributed by atoms with E-state index in [1.165, 1.54) is 5.56 Å². The quantitative estimate of drug-likeness (QED) is 0.863. The first-order chi connectivity index (χ1) is 11.8. The average molecular weight is 323 g/mol. The molecule has 0 bridgehead atoms. The fraction of sp³-hybridized carbons (Fsp3) is 0.368. The van der Waals surface area contributed by atoms with Crippen LogP contribution in [0.5, 0.6) is 5.75 Å². The molecular formula is C19H21N3O2. The Labute approximate surface area is 141 Å². The third-order valence-corrected chi connectivity index (χ3v) is 4.76. The zero-order chi connectivity index (χ0) is 16.4. The molecule has 3 heterocycles. The van der Waals surface area contributed by atoms with Gasteiger partial charge in [0, 0.05) is 51.5 Å². The van der Waals surface area contributed by atoms with E-state index >= 15 is 0 Å². The van der Waals surface area contributed by atoms with Crippen molar-refractivity contribution >= 4 is 5.91 Å². The Morgan fingerprint density at radius 3 is 2.58 bits per heavy atom. The molecule has 24 heavy (non-hydrogen) atoms. The molecule has 0 saturated carbocycles. The van der Waals surface area contributed by atoms with Crippen molar-refractivity contribution in [2.75, 3.05) is 26.2 Å². The molecule has 0 N–H and O–H groups in total. The maximum absolute atomic E-state index is 12.7.